The van der Waals surface area contributed by atoms with Gasteiger partial charge >= 0.3 is 0 Å². The fourth-order valence-corrected chi connectivity index (χ4v) is 2.05. The molecule has 0 radical (unpaired) electrons. The zero-order chi connectivity index (χ0) is 9.54. The number of nitrogens with two attached hydrogens (primary N) is 1. The Morgan fingerprint density at radius 1 is 1.29 bits per heavy atom. The van der Waals surface area contributed by atoms with Gasteiger partial charge in [0.2, 0.25) is 0 Å². The molecule has 0 atom stereocenters. The average Bonchev–Trinajstić information content (AvgIpc) is 2.93. The minimum absolute atomic E-state index is 0.859. The molecule has 0 bridgehead atoms. The summed E-state index contributed by atoms with van der Waals surface area (Å²) in [4.78, 5) is 3.24. The van der Waals surface area contributed by atoms with E-state index in [-0.39, 0.29) is 0 Å². The van der Waals surface area contributed by atoms with Gasteiger partial charge in [-0.1, -0.05) is 18.2 Å². The molecule has 3 N–H and O–H groups in total. The van der Waals surface area contributed by atoms with E-state index in [9.17, 15) is 0 Å². The van der Waals surface area contributed by atoms with Crippen LogP contribution < -0.4 is 5.73 Å². The van der Waals surface area contributed by atoms with Crippen molar-refractivity contribution in [2.45, 2.75) is 19.3 Å². The van der Waals surface area contributed by atoms with E-state index in [1.807, 2.05) is 6.07 Å². The number of anilines is 1. The van der Waals surface area contributed by atoms with Gasteiger partial charge in [0, 0.05) is 16.5 Å². The molecule has 1 saturated carbocycles. The molecule has 3 rings (SSSR count). The lowest BCUT2D eigenvalue weighted by Gasteiger charge is -1.98. The van der Waals surface area contributed by atoms with Crippen LogP contribution >= 0.6 is 0 Å². The number of aromatic nitrogens is 1. The average molecular weight is 186 g/mol. The molecule has 1 aliphatic carbocycles. The van der Waals surface area contributed by atoms with E-state index in [0.29, 0.717) is 0 Å². The maximum Gasteiger partial charge on any atom is 0.104 e. The van der Waals surface area contributed by atoms with Crippen LogP contribution in [0.25, 0.3) is 10.9 Å². The lowest BCUT2D eigenvalue weighted by molar-refractivity contribution is 0.840. The maximum atomic E-state index is 5.97. The second kappa shape index (κ2) is 2.77. The summed E-state index contributed by atoms with van der Waals surface area (Å²) in [6.45, 7) is 0. The number of H-pyrrole nitrogens is 1. The summed E-state index contributed by atoms with van der Waals surface area (Å²) in [6, 6.07) is 8.35. The van der Waals surface area contributed by atoms with Crippen LogP contribution in [0.4, 0.5) is 5.82 Å². The van der Waals surface area contributed by atoms with Gasteiger partial charge in [0.15, 0.2) is 0 Å². The van der Waals surface area contributed by atoms with Crippen molar-refractivity contribution in [3.63, 3.8) is 0 Å². The van der Waals surface area contributed by atoms with Gasteiger partial charge in [-0.25, -0.2) is 0 Å². The molecule has 0 unspecified atom stereocenters. The van der Waals surface area contributed by atoms with Gasteiger partial charge in [-0.05, 0) is 31.2 Å². The van der Waals surface area contributed by atoms with E-state index in [1.54, 1.807) is 0 Å². The first-order valence-electron chi connectivity index (χ1n) is 5.19. The number of rotatable bonds is 2. The monoisotopic (exact) mass is 186 g/mol. The van der Waals surface area contributed by atoms with Gasteiger partial charge in [0.25, 0.3) is 0 Å². The van der Waals surface area contributed by atoms with E-state index in [1.165, 1.54) is 29.3 Å². The highest BCUT2D eigenvalue weighted by atomic mass is 14.9. The van der Waals surface area contributed by atoms with Crippen molar-refractivity contribution in [1.82, 2.24) is 4.98 Å². The zero-order valence-corrected chi connectivity index (χ0v) is 8.09. The molecule has 2 aromatic rings. The van der Waals surface area contributed by atoms with Crippen molar-refractivity contribution in [2.75, 3.05) is 5.73 Å². The van der Waals surface area contributed by atoms with E-state index in [2.05, 4.69) is 23.2 Å². The maximum absolute atomic E-state index is 5.97. The van der Waals surface area contributed by atoms with Gasteiger partial charge in [-0.2, -0.15) is 0 Å². The molecule has 0 spiro atoms. The first kappa shape index (κ1) is 7.92. The highest BCUT2D eigenvalue weighted by Gasteiger charge is 2.24. The molecule has 1 aromatic heterocycles. The van der Waals surface area contributed by atoms with Crippen LogP contribution in [-0.4, -0.2) is 4.98 Å². The van der Waals surface area contributed by atoms with Crippen LogP contribution in [0.5, 0.6) is 0 Å². The van der Waals surface area contributed by atoms with Gasteiger partial charge in [0.05, 0.1) is 0 Å². The Kier molecular flexibility index (Phi) is 1.57. The van der Waals surface area contributed by atoms with Gasteiger partial charge < -0.3 is 10.7 Å². The summed E-state index contributed by atoms with van der Waals surface area (Å²) in [5.74, 6) is 1.75. The molecule has 0 saturated heterocycles. The third kappa shape index (κ3) is 1.18. The third-order valence-electron chi connectivity index (χ3n) is 3.04. The number of nitrogen functional groups attached to an aromatic ring is 1. The SMILES string of the molecule is Nc1[nH]c2ccccc2c1CC1CC1. The minimum Gasteiger partial charge on any atom is -0.385 e. The van der Waals surface area contributed by atoms with Gasteiger partial charge in [-0.15, -0.1) is 0 Å². The largest absolute Gasteiger partial charge is 0.385 e. The number of benzene rings is 1. The highest BCUT2D eigenvalue weighted by Crippen LogP contribution is 2.36. The fourth-order valence-electron chi connectivity index (χ4n) is 2.05. The van der Waals surface area contributed by atoms with Crippen molar-refractivity contribution in [1.29, 1.82) is 0 Å². The summed E-state index contributed by atoms with van der Waals surface area (Å²) in [5, 5.41) is 1.30. The highest BCUT2D eigenvalue weighted by molar-refractivity contribution is 5.88. The molecule has 14 heavy (non-hydrogen) atoms. The topological polar surface area (TPSA) is 41.8 Å². The standard InChI is InChI=1S/C12H14N2/c13-12-10(7-8-5-6-8)9-3-1-2-4-11(9)14-12/h1-4,8,14H,5-7,13H2. The molecule has 1 heterocycles. The molecule has 2 heteroatoms. The molecular formula is C12H14N2. The number of para-hydroxylation sites is 1. The Balaban J connectivity index is 2.13. The fraction of sp³-hybridized carbons (Fsp3) is 0.333. The molecule has 2 nitrogen and oxygen atoms in total. The van der Waals surface area contributed by atoms with Crippen molar-refractivity contribution < 1.29 is 0 Å². The number of hydrogen-bond acceptors (Lipinski definition) is 1. The number of hydrogen-bond donors (Lipinski definition) is 2. The summed E-state index contributed by atoms with van der Waals surface area (Å²) in [5.41, 5.74) is 8.46. The number of fused-ring (bicyclic) bond motifs is 1. The second-order valence-electron chi connectivity index (χ2n) is 4.21. The molecule has 1 aromatic carbocycles. The Hall–Kier alpha value is -1.44. The molecule has 0 aliphatic heterocycles. The number of nitrogens with one attached hydrogen (secondary N) is 1. The van der Waals surface area contributed by atoms with Crippen molar-refractivity contribution in [3.05, 3.63) is 29.8 Å². The smallest absolute Gasteiger partial charge is 0.104 e. The van der Waals surface area contributed by atoms with Crippen LogP contribution in [-0.2, 0) is 6.42 Å². The van der Waals surface area contributed by atoms with Crippen molar-refractivity contribution >= 4 is 16.7 Å². The van der Waals surface area contributed by atoms with Gasteiger partial charge in [0.1, 0.15) is 5.82 Å². The lowest BCUT2D eigenvalue weighted by atomic mass is 10.1. The summed E-state index contributed by atoms with van der Waals surface area (Å²) >= 11 is 0. The molecule has 1 aliphatic rings. The second-order valence-corrected chi connectivity index (χ2v) is 4.21. The van der Waals surface area contributed by atoms with E-state index in [0.717, 1.165) is 18.2 Å². The van der Waals surface area contributed by atoms with Crippen LogP contribution in [0, 0.1) is 5.92 Å². The van der Waals surface area contributed by atoms with E-state index < -0.39 is 0 Å². The first-order valence-corrected chi connectivity index (χ1v) is 5.19. The van der Waals surface area contributed by atoms with Crippen molar-refractivity contribution in [2.24, 2.45) is 5.92 Å². The summed E-state index contributed by atoms with van der Waals surface area (Å²) in [6.07, 6.45) is 3.90. The Morgan fingerprint density at radius 2 is 2.07 bits per heavy atom. The van der Waals surface area contributed by atoms with E-state index in [4.69, 9.17) is 5.73 Å². The molecule has 1 fully saturated rings. The molecule has 0 amide bonds. The molecule has 72 valence electrons. The molecular weight excluding hydrogens is 172 g/mol. The minimum atomic E-state index is 0.859. The normalized spacial score (nSPS) is 16.3. The Bertz CT molecular complexity index is 466. The van der Waals surface area contributed by atoms with Gasteiger partial charge in [-0.3, -0.25) is 0 Å². The summed E-state index contributed by atoms with van der Waals surface area (Å²) < 4.78 is 0. The van der Waals surface area contributed by atoms with E-state index >= 15 is 0 Å². The summed E-state index contributed by atoms with van der Waals surface area (Å²) in [7, 11) is 0. The Labute approximate surface area is 83.1 Å². The quantitative estimate of drug-likeness (QED) is 0.744. The first-order chi connectivity index (χ1) is 6.84. The zero-order valence-electron chi connectivity index (χ0n) is 8.09. The number of aromatic amines is 1. The third-order valence-corrected chi connectivity index (χ3v) is 3.04. The van der Waals surface area contributed by atoms with Crippen LogP contribution in [0.3, 0.4) is 0 Å². The van der Waals surface area contributed by atoms with Crippen molar-refractivity contribution in [3.8, 4) is 0 Å². The predicted octanol–water partition coefficient (Wildman–Crippen LogP) is 2.70. The van der Waals surface area contributed by atoms with Crippen LogP contribution in [0.1, 0.15) is 18.4 Å². The Morgan fingerprint density at radius 3 is 2.86 bits per heavy atom. The van der Waals surface area contributed by atoms with Crippen LogP contribution in [0.2, 0.25) is 0 Å². The predicted molar refractivity (Wildman–Crippen MR) is 59.1 cm³/mol. The van der Waals surface area contributed by atoms with Crippen LogP contribution in [0.15, 0.2) is 24.3 Å². The lowest BCUT2D eigenvalue weighted by Crippen LogP contribution is -1.92.